The maximum Gasteiger partial charge on any atom is 0.256 e. The van der Waals surface area contributed by atoms with E-state index in [4.69, 9.17) is 4.74 Å². The zero-order valence-corrected chi connectivity index (χ0v) is 16.8. The molecule has 0 saturated carbocycles. The van der Waals surface area contributed by atoms with E-state index in [9.17, 15) is 13.2 Å². The van der Waals surface area contributed by atoms with Crippen LogP contribution in [0.4, 0.5) is 5.69 Å². The van der Waals surface area contributed by atoms with E-state index in [1.54, 1.807) is 25.1 Å². The fraction of sp³-hybridized carbons (Fsp3) is 0.190. The van der Waals surface area contributed by atoms with Crippen molar-refractivity contribution in [3.63, 3.8) is 0 Å². The molecular weight excluding hydrogens is 376 g/mol. The van der Waals surface area contributed by atoms with E-state index in [-0.39, 0.29) is 16.6 Å². The summed E-state index contributed by atoms with van der Waals surface area (Å²) in [6, 6.07) is 17.7. The summed E-state index contributed by atoms with van der Waals surface area (Å²) >= 11 is 0. The molecule has 0 aromatic heterocycles. The second kappa shape index (κ2) is 8.00. The lowest BCUT2D eigenvalue weighted by Gasteiger charge is -2.17. The van der Waals surface area contributed by atoms with E-state index < -0.39 is 10.0 Å². The second-order valence-corrected chi connectivity index (χ2v) is 8.48. The number of sulfonamides is 1. The van der Waals surface area contributed by atoms with Gasteiger partial charge in [-0.25, -0.2) is 12.7 Å². The van der Waals surface area contributed by atoms with Crippen molar-refractivity contribution in [3.8, 4) is 5.75 Å². The van der Waals surface area contributed by atoms with Crippen LogP contribution < -0.4 is 10.1 Å². The summed E-state index contributed by atoms with van der Waals surface area (Å²) in [7, 11) is -0.829. The van der Waals surface area contributed by atoms with Gasteiger partial charge in [-0.15, -0.1) is 0 Å². The number of nitrogens with one attached hydrogen (secondary N) is 1. The van der Waals surface area contributed by atoms with Crippen LogP contribution in [-0.4, -0.2) is 39.3 Å². The summed E-state index contributed by atoms with van der Waals surface area (Å²) in [4.78, 5) is 12.8. The summed E-state index contributed by atoms with van der Waals surface area (Å²) in [5, 5.41) is 4.58. The SMILES string of the molecule is CCOc1ccc(NC(=O)c2cccc3ccccc23)cc1S(=O)(=O)N(C)C. The molecule has 3 aromatic rings. The van der Waals surface area contributed by atoms with Crippen molar-refractivity contribution in [1.29, 1.82) is 0 Å². The first-order valence-corrected chi connectivity index (χ1v) is 10.3. The summed E-state index contributed by atoms with van der Waals surface area (Å²) < 4.78 is 31.9. The Hall–Kier alpha value is -2.90. The highest BCUT2D eigenvalue weighted by Gasteiger charge is 2.23. The maximum absolute atomic E-state index is 12.8. The Bertz CT molecular complexity index is 1120. The molecule has 0 spiro atoms. The van der Waals surface area contributed by atoms with Crippen LogP contribution in [0.15, 0.2) is 65.6 Å². The van der Waals surface area contributed by atoms with Crippen LogP contribution in [-0.2, 0) is 10.0 Å². The van der Waals surface area contributed by atoms with Gasteiger partial charge in [-0.1, -0.05) is 36.4 Å². The molecule has 0 aliphatic carbocycles. The molecular formula is C21H22N2O4S. The zero-order valence-electron chi connectivity index (χ0n) is 16.0. The van der Waals surface area contributed by atoms with Gasteiger partial charge in [0.15, 0.2) is 0 Å². The summed E-state index contributed by atoms with van der Waals surface area (Å²) in [5.41, 5.74) is 0.894. The van der Waals surface area contributed by atoms with Gasteiger partial charge in [-0.3, -0.25) is 4.79 Å². The van der Waals surface area contributed by atoms with E-state index in [0.29, 0.717) is 17.9 Å². The average molecular weight is 398 g/mol. The first kappa shape index (κ1) is 19.9. The zero-order chi connectivity index (χ0) is 20.3. The Morgan fingerprint density at radius 1 is 1.04 bits per heavy atom. The lowest BCUT2D eigenvalue weighted by molar-refractivity contribution is 0.102. The number of fused-ring (bicyclic) bond motifs is 1. The number of ether oxygens (including phenoxy) is 1. The highest BCUT2D eigenvalue weighted by molar-refractivity contribution is 7.89. The summed E-state index contributed by atoms with van der Waals surface area (Å²) in [6.45, 7) is 2.11. The molecule has 146 valence electrons. The van der Waals surface area contributed by atoms with Crippen LogP contribution in [0, 0.1) is 0 Å². The molecule has 0 radical (unpaired) electrons. The van der Waals surface area contributed by atoms with Gasteiger partial charge < -0.3 is 10.1 Å². The Balaban J connectivity index is 1.99. The van der Waals surface area contributed by atoms with Gasteiger partial charge in [0.1, 0.15) is 10.6 Å². The molecule has 0 atom stereocenters. The number of carbonyl (C=O) groups is 1. The standard InChI is InChI=1S/C21H22N2O4S/c1-4-27-19-13-12-16(14-20(19)28(25,26)23(2)3)22-21(24)18-11-7-9-15-8-5-6-10-17(15)18/h5-14H,4H2,1-3H3,(H,22,24). The maximum atomic E-state index is 12.8. The molecule has 0 heterocycles. The quantitative estimate of drug-likeness (QED) is 0.686. The minimum Gasteiger partial charge on any atom is -0.492 e. The van der Waals surface area contributed by atoms with Crippen LogP contribution in [0.5, 0.6) is 5.75 Å². The van der Waals surface area contributed by atoms with E-state index in [0.717, 1.165) is 15.1 Å². The lowest BCUT2D eigenvalue weighted by atomic mass is 10.0. The van der Waals surface area contributed by atoms with Gasteiger partial charge in [-0.05, 0) is 42.0 Å². The molecule has 0 fully saturated rings. The number of hydrogen-bond donors (Lipinski definition) is 1. The molecule has 7 heteroatoms. The highest BCUT2D eigenvalue weighted by atomic mass is 32.2. The van der Waals surface area contributed by atoms with Gasteiger partial charge in [0.2, 0.25) is 10.0 Å². The molecule has 0 bridgehead atoms. The average Bonchev–Trinajstić information content (AvgIpc) is 2.68. The van der Waals surface area contributed by atoms with Gasteiger partial charge in [0.05, 0.1) is 6.61 Å². The van der Waals surface area contributed by atoms with Gasteiger partial charge >= 0.3 is 0 Å². The molecule has 1 amide bonds. The van der Waals surface area contributed by atoms with E-state index in [1.807, 2.05) is 36.4 Å². The largest absolute Gasteiger partial charge is 0.492 e. The Morgan fingerprint density at radius 2 is 1.75 bits per heavy atom. The van der Waals surface area contributed by atoms with E-state index >= 15 is 0 Å². The molecule has 3 aromatic carbocycles. The van der Waals surface area contributed by atoms with Crippen molar-refractivity contribution in [1.82, 2.24) is 4.31 Å². The molecule has 6 nitrogen and oxygen atoms in total. The van der Waals surface area contributed by atoms with Crippen LogP contribution in [0.25, 0.3) is 10.8 Å². The molecule has 0 saturated heterocycles. The highest BCUT2D eigenvalue weighted by Crippen LogP contribution is 2.30. The topological polar surface area (TPSA) is 75.7 Å². The monoisotopic (exact) mass is 398 g/mol. The van der Waals surface area contributed by atoms with Gasteiger partial charge in [0.25, 0.3) is 5.91 Å². The van der Waals surface area contributed by atoms with Crippen molar-refractivity contribution in [2.45, 2.75) is 11.8 Å². The van der Waals surface area contributed by atoms with Crippen molar-refractivity contribution in [2.75, 3.05) is 26.0 Å². The third-order valence-electron chi connectivity index (χ3n) is 4.29. The summed E-state index contributed by atoms with van der Waals surface area (Å²) in [5.74, 6) is -0.0616. The fourth-order valence-corrected chi connectivity index (χ4v) is 3.93. The molecule has 3 rings (SSSR count). The molecule has 1 N–H and O–H groups in total. The predicted molar refractivity (Wildman–Crippen MR) is 110 cm³/mol. The number of rotatable bonds is 6. The van der Waals surface area contributed by atoms with Crippen molar-refractivity contribution in [3.05, 3.63) is 66.2 Å². The van der Waals surface area contributed by atoms with E-state index in [1.165, 1.54) is 20.2 Å². The Kier molecular flexibility index (Phi) is 5.67. The fourth-order valence-electron chi connectivity index (χ4n) is 2.88. The van der Waals surface area contributed by atoms with Crippen molar-refractivity contribution >= 4 is 32.4 Å². The lowest BCUT2D eigenvalue weighted by Crippen LogP contribution is -2.23. The van der Waals surface area contributed by atoms with Gasteiger partial charge in [0, 0.05) is 25.3 Å². The van der Waals surface area contributed by atoms with Crippen LogP contribution >= 0.6 is 0 Å². The van der Waals surface area contributed by atoms with Crippen LogP contribution in [0.2, 0.25) is 0 Å². The number of anilines is 1. The predicted octanol–water partition coefficient (Wildman–Crippen LogP) is 3.74. The normalized spacial score (nSPS) is 11.6. The Labute approximate surface area is 164 Å². The Morgan fingerprint density at radius 3 is 2.46 bits per heavy atom. The number of nitrogens with zero attached hydrogens (tertiary/aromatic N) is 1. The van der Waals surface area contributed by atoms with Crippen LogP contribution in [0.3, 0.4) is 0 Å². The van der Waals surface area contributed by atoms with Gasteiger partial charge in [-0.2, -0.15) is 0 Å². The smallest absolute Gasteiger partial charge is 0.256 e. The van der Waals surface area contributed by atoms with E-state index in [2.05, 4.69) is 5.32 Å². The molecule has 0 aliphatic rings. The van der Waals surface area contributed by atoms with Crippen molar-refractivity contribution in [2.24, 2.45) is 0 Å². The number of carbonyl (C=O) groups excluding carboxylic acids is 1. The third-order valence-corrected chi connectivity index (χ3v) is 6.13. The summed E-state index contributed by atoms with van der Waals surface area (Å²) in [6.07, 6.45) is 0. The molecule has 0 unspecified atom stereocenters. The molecule has 28 heavy (non-hydrogen) atoms. The number of benzene rings is 3. The number of amides is 1. The third kappa shape index (κ3) is 3.85. The minimum atomic E-state index is -3.73. The first-order chi connectivity index (χ1) is 13.3. The first-order valence-electron chi connectivity index (χ1n) is 8.83. The second-order valence-electron chi connectivity index (χ2n) is 6.36. The van der Waals surface area contributed by atoms with Crippen LogP contribution in [0.1, 0.15) is 17.3 Å². The molecule has 0 aliphatic heterocycles. The number of hydrogen-bond acceptors (Lipinski definition) is 4. The minimum absolute atomic E-state index is 0.00932. The van der Waals surface area contributed by atoms with Crippen molar-refractivity contribution < 1.29 is 17.9 Å².